The molecule has 0 amide bonds. The zero-order valence-corrected chi connectivity index (χ0v) is 18.2. The van der Waals surface area contributed by atoms with Crippen LogP contribution in [0.4, 0.5) is 0 Å². The average Bonchev–Trinajstić information content (AvgIpc) is 3.16. The summed E-state index contributed by atoms with van der Waals surface area (Å²) in [5.74, 6) is 0.626. The van der Waals surface area contributed by atoms with Crippen molar-refractivity contribution in [3.63, 3.8) is 0 Å². The summed E-state index contributed by atoms with van der Waals surface area (Å²) in [4.78, 5) is 3.71. The van der Waals surface area contributed by atoms with Crippen LogP contribution in [-0.4, -0.2) is 4.98 Å². The zero-order valence-electron chi connectivity index (χ0n) is 18.2. The quantitative estimate of drug-likeness (QED) is 0.270. The lowest BCUT2D eigenvalue weighted by atomic mass is 9.60. The van der Waals surface area contributed by atoms with Gasteiger partial charge in [0.25, 0.3) is 0 Å². The number of benzene rings is 4. The lowest BCUT2D eigenvalue weighted by Crippen LogP contribution is -2.27. The summed E-state index contributed by atoms with van der Waals surface area (Å²) >= 11 is 0. The van der Waals surface area contributed by atoms with E-state index in [-0.39, 0.29) is 5.41 Å². The van der Waals surface area contributed by atoms with E-state index < -0.39 is 0 Å². The summed E-state index contributed by atoms with van der Waals surface area (Å²) in [6, 6.07) is 29.8. The van der Waals surface area contributed by atoms with Gasteiger partial charge in [-0.25, -0.2) is 0 Å². The van der Waals surface area contributed by atoms with Gasteiger partial charge >= 0.3 is 0 Å². The van der Waals surface area contributed by atoms with Crippen LogP contribution in [0.15, 0.2) is 78.9 Å². The van der Waals surface area contributed by atoms with Gasteiger partial charge in [-0.1, -0.05) is 81.4 Å². The van der Waals surface area contributed by atoms with Gasteiger partial charge in [0.1, 0.15) is 0 Å². The maximum absolute atomic E-state index is 3.71. The molecule has 1 nitrogen and oxygen atoms in total. The van der Waals surface area contributed by atoms with Crippen LogP contribution in [0.2, 0.25) is 0 Å². The largest absolute Gasteiger partial charge is 0.355 e. The van der Waals surface area contributed by atoms with Crippen molar-refractivity contribution in [3.8, 4) is 0 Å². The first-order valence-corrected chi connectivity index (χ1v) is 11.3. The van der Waals surface area contributed by atoms with E-state index in [1.807, 2.05) is 0 Å². The SMILES string of the molecule is CC(C)(C)c1ccc2[nH]c3ccc4c(c3c2c1)C1c2ccccc2C4c2ccccc21. The van der Waals surface area contributed by atoms with E-state index in [2.05, 4.69) is 105 Å². The van der Waals surface area contributed by atoms with Crippen molar-refractivity contribution >= 4 is 21.8 Å². The Bertz CT molecular complexity index is 1480. The van der Waals surface area contributed by atoms with Gasteiger partial charge in [0.15, 0.2) is 0 Å². The van der Waals surface area contributed by atoms with Crippen LogP contribution in [0.5, 0.6) is 0 Å². The molecule has 3 aliphatic rings. The number of hydrogen-bond donors (Lipinski definition) is 1. The lowest BCUT2D eigenvalue weighted by Gasteiger charge is -2.42. The maximum Gasteiger partial charge on any atom is 0.0468 e. The van der Waals surface area contributed by atoms with Crippen LogP contribution >= 0.6 is 0 Å². The lowest BCUT2D eigenvalue weighted by molar-refractivity contribution is 0.591. The van der Waals surface area contributed by atoms with Crippen molar-refractivity contribution in [1.82, 2.24) is 4.98 Å². The fraction of sp³-hybridized carbons (Fsp3) is 0.200. The van der Waals surface area contributed by atoms with Gasteiger partial charge in [0.2, 0.25) is 0 Å². The molecule has 150 valence electrons. The highest BCUT2D eigenvalue weighted by atomic mass is 14.7. The summed E-state index contributed by atoms with van der Waals surface area (Å²) in [5.41, 5.74) is 12.9. The third kappa shape index (κ3) is 2.16. The molecule has 31 heavy (non-hydrogen) atoms. The molecule has 0 saturated carbocycles. The predicted molar refractivity (Wildman–Crippen MR) is 129 cm³/mol. The third-order valence-electron chi connectivity index (χ3n) is 7.54. The van der Waals surface area contributed by atoms with Crippen LogP contribution in [0.1, 0.15) is 71.6 Å². The minimum Gasteiger partial charge on any atom is -0.355 e. The molecule has 5 aromatic rings. The van der Waals surface area contributed by atoms with Crippen molar-refractivity contribution in [2.75, 3.05) is 0 Å². The standard InChI is InChI=1S/C30H25N/c1-30(2,3)17-12-14-24-23(16-17)28-25(31-24)15-13-22-26-18-8-4-6-10-20(18)27(29(22)28)21-11-7-5-9-19(21)26/h4-16,26-27,31H,1-3H3. The molecule has 1 heterocycles. The molecule has 0 radical (unpaired) electrons. The molecule has 8 rings (SSSR count). The van der Waals surface area contributed by atoms with Gasteiger partial charge in [0.05, 0.1) is 0 Å². The fourth-order valence-electron chi connectivity index (χ4n) is 6.12. The Morgan fingerprint density at radius 3 is 1.81 bits per heavy atom. The second kappa shape index (κ2) is 5.68. The smallest absolute Gasteiger partial charge is 0.0468 e. The van der Waals surface area contributed by atoms with Crippen molar-refractivity contribution in [2.24, 2.45) is 0 Å². The summed E-state index contributed by atoms with van der Waals surface area (Å²) in [6.45, 7) is 6.90. The van der Waals surface area contributed by atoms with Gasteiger partial charge in [-0.2, -0.15) is 0 Å². The topological polar surface area (TPSA) is 15.8 Å². The molecule has 0 unspecified atom stereocenters. The predicted octanol–water partition coefficient (Wildman–Crippen LogP) is 7.61. The molecule has 4 aromatic carbocycles. The number of fused-ring (bicyclic) bond motifs is 3. The Hall–Kier alpha value is -3.32. The highest BCUT2D eigenvalue weighted by Gasteiger charge is 2.42. The first kappa shape index (κ1) is 17.4. The number of aromatic amines is 1. The Kier molecular flexibility index (Phi) is 3.18. The number of aromatic nitrogens is 1. The van der Waals surface area contributed by atoms with E-state index >= 15 is 0 Å². The van der Waals surface area contributed by atoms with Crippen molar-refractivity contribution in [1.29, 1.82) is 0 Å². The maximum atomic E-state index is 3.71. The number of H-pyrrole nitrogens is 1. The molecule has 0 fully saturated rings. The molecular weight excluding hydrogens is 374 g/mol. The van der Waals surface area contributed by atoms with Crippen LogP contribution in [0, 0.1) is 0 Å². The molecule has 0 aliphatic heterocycles. The van der Waals surface area contributed by atoms with E-state index in [0.717, 1.165) is 0 Å². The zero-order chi connectivity index (χ0) is 20.9. The van der Waals surface area contributed by atoms with Crippen LogP contribution in [0.3, 0.4) is 0 Å². The molecule has 0 atom stereocenters. The molecule has 1 N–H and O–H groups in total. The highest BCUT2D eigenvalue weighted by molar-refractivity contribution is 6.10. The summed E-state index contributed by atoms with van der Waals surface area (Å²) < 4.78 is 0. The third-order valence-corrected chi connectivity index (χ3v) is 7.54. The molecular formula is C30H25N. The molecule has 2 bridgehead atoms. The molecule has 1 aromatic heterocycles. The fourth-order valence-corrected chi connectivity index (χ4v) is 6.12. The first-order chi connectivity index (χ1) is 15.0. The highest BCUT2D eigenvalue weighted by Crippen LogP contribution is 2.57. The Morgan fingerprint density at radius 1 is 0.613 bits per heavy atom. The van der Waals surface area contributed by atoms with Gasteiger partial charge in [-0.3, -0.25) is 0 Å². The number of rotatable bonds is 0. The Labute approximate surface area is 182 Å². The van der Waals surface area contributed by atoms with Crippen LogP contribution in [-0.2, 0) is 5.41 Å². The average molecular weight is 400 g/mol. The van der Waals surface area contributed by atoms with E-state index in [4.69, 9.17) is 0 Å². The number of nitrogens with one attached hydrogen (secondary N) is 1. The normalized spacial score (nSPS) is 18.8. The monoisotopic (exact) mass is 399 g/mol. The van der Waals surface area contributed by atoms with Crippen LogP contribution < -0.4 is 0 Å². The molecule has 0 spiro atoms. The Morgan fingerprint density at radius 2 is 1.19 bits per heavy atom. The van der Waals surface area contributed by atoms with Crippen molar-refractivity contribution < 1.29 is 0 Å². The van der Waals surface area contributed by atoms with Gasteiger partial charge in [-0.15, -0.1) is 0 Å². The van der Waals surface area contributed by atoms with Gasteiger partial charge < -0.3 is 4.98 Å². The minimum atomic E-state index is 0.130. The molecule has 3 aliphatic carbocycles. The van der Waals surface area contributed by atoms with E-state index in [1.165, 1.54) is 60.8 Å². The summed E-state index contributed by atoms with van der Waals surface area (Å²) in [6.07, 6.45) is 0. The second-order valence-corrected chi connectivity index (χ2v) is 10.3. The number of hydrogen-bond acceptors (Lipinski definition) is 0. The van der Waals surface area contributed by atoms with Gasteiger partial charge in [-0.05, 0) is 62.6 Å². The molecule has 0 saturated heterocycles. The second-order valence-electron chi connectivity index (χ2n) is 10.3. The summed E-state index contributed by atoms with van der Waals surface area (Å²) in [5, 5.41) is 2.78. The minimum absolute atomic E-state index is 0.130. The van der Waals surface area contributed by atoms with Crippen LogP contribution in [0.25, 0.3) is 21.8 Å². The molecule has 1 heteroatoms. The Balaban J connectivity index is 1.63. The van der Waals surface area contributed by atoms with E-state index in [1.54, 1.807) is 0 Å². The van der Waals surface area contributed by atoms with Crippen molar-refractivity contribution in [3.05, 3.63) is 118 Å². The van der Waals surface area contributed by atoms with Crippen molar-refractivity contribution in [2.45, 2.75) is 38.0 Å². The van der Waals surface area contributed by atoms with E-state index in [0.29, 0.717) is 11.8 Å². The first-order valence-electron chi connectivity index (χ1n) is 11.3. The van der Waals surface area contributed by atoms with E-state index in [9.17, 15) is 0 Å². The van der Waals surface area contributed by atoms with Gasteiger partial charge in [0, 0.05) is 33.6 Å². The summed E-state index contributed by atoms with van der Waals surface area (Å²) in [7, 11) is 0.